The molecule has 1 aromatic carbocycles. The molecule has 2 fully saturated rings. The molecule has 1 atom stereocenters. The van der Waals surface area contributed by atoms with Gasteiger partial charge in [0.15, 0.2) is 11.6 Å². The van der Waals surface area contributed by atoms with Crippen LogP contribution >= 0.6 is 11.3 Å². The molecule has 4 heterocycles. The summed E-state index contributed by atoms with van der Waals surface area (Å²) in [4.78, 5) is 38.6. The highest BCUT2D eigenvalue weighted by Gasteiger charge is 2.27. The molecule has 43 heavy (non-hydrogen) atoms. The summed E-state index contributed by atoms with van der Waals surface area (Å²) < 4.78 is 21.7. The maximum Gasteiger partial charge on any atom is 0.319 e. The van der Waals surface area contributed by atoms with Crippen molar-refractivity contribution >= 4 is 39.3 Å². The van der Waals surface area contributed by atoms with Crippen LogP contribution in [0.5, 0.6) is 11.5 Å². The molecule has 6 rings (SSSR count). The summed E-state index contributed by atoms with van der Waals surface area (Å²) in [5.41, 5.74) is 3.01. The maximum absolute atomic E-state index is 14.9. The van der Waals surface area contributed by atoms with Gasteiger partial charge in [0.1, 0.15) is 5.75 Å². The molecule has 224 valence electrons. The van der Waals surface area contributed by atoms with Crippen molar-refractivity contribution in [1.82, 2.24) is 30.4 Å². The minimum Gasteiger partial charge on any atom is -0.453 e. The standard InChI is InChI=1S/C31H34FN7O3S/c1-3-33-31(41)39-13-12-38(17-19(39)2)18-20-4-8-24(35-16-20)28-15-25-29(43-28)27(10-11-34-25)42-26-9-7-22(14-23(26)32)37-30(40)36-21-5-6-21/h4,7-11,14-16,19,21H,3,5-6,12-13,17-18H2,1-2H3,(H,33,41)(H2,36,37,40)/t19-/m0/s1. The second-order valence-electron chi connectivity index (χ2n) is 10.9. The number of benzene rings is 1. The summed E-state index contributed by atoms with van der Waals surface area (Å²) in [6.07, 6.45) is 5.47. The number of amides is 4. The molecule has 1 aliphatic carbocycles. The van der Waals surface area contributed by atoms with Crippen LogP contribution in [0.4, 0.5) is 19.7 Å². The van der Waals surface area contributed by atoms with Crippen molar-refractivity contribution in [2.24, 2.45) is 0 Å². The smallest absolute Gasteiger partial charge is 0.319 e. The first-order valence-electron chi connectivity index (χ1n) is 14.5. The van der Waals surface area contributed by atoms with Gasteiger partial charge < -0.3 is 25.6 Å². The van der Waals surface area contributed by atoms with Crippen LogP contribution < -0.4 is 20.7 Å². The zero-order valence-corrected chi connectivity index (χ0v) is 24.9. The molecule has 1 saturated carbocycles. The minimum atomic E-state index is -0.580. The Morgan fingerprint density at radius 3 is 2.67 bits per heavy atom. The molecule has 2 aliphatic rings. The average Bonchev–Trinajstić information content (AvgIpc) is 3.68. The lowest BCUT2D eigenvalue weighted by Gasteiger charge is -2.39. The Labute approximate surface area is 253 Å². The van der Waals surface area contributed by atoms with E-state index in [0.29, 0.717) is 24.5 Å². The molecular formula is C31H34FN7O3S. The fourth-order valence-corrected chi connectivity index (χ4v) is 6.18. The van der Waals surface area contributed by atoms with E-state index >= 15 is 0 Å². The number of rotatable bonds is 8. The van der Waals surface area contributed by atoms with E-state index in [4.69, 9.17) is 9.72 Å². The van der Waals surface area contributed by atoms with Gasteiger partial charge >= 0.3 is 12.1 Å². The third kappa shape index (κ3) is 6.86. The Morgan fingerprint density at radius 1 is 1.09 bits per heavy atom. The lowest BCUT2D eigenvalue weighted by Crippen LogP contribution is -2.56. The third-order valence-electron chi connectivity index (χ3n) is 7.48. The molecule has 10 nitrogen and oxygen atoms in total. The van der Waals surface area contributed by atoms with Crippen LogP contribution in [-0.4, -0.2) is 70.1 Å². The number of thiophene rings is 1. The zero-order valence-electron chi connectivity index (χ0n) is 24.1. The highest BCUT2D eigenvalue weighted by Crippen LogP contribution is 2.39. The monoisotopic (exact) mass is 603 g/mol. The number of halogens is 1. The van der Waals surface area contributed by atoms with E-state index in [1.54, 1.807) is 18.3 Å². The minimum absolute atomic E-state index is 0.00255. The summed E-state index contributed by atoms with van der Waals surface area (Å²) in [6, 6.07) is 12.1. The lowest BCUT2D eigenvalue weighted by atomic mass is 10.1. The van der Waals surface area contributed by atoms with Crippen LogP contribution in [0.3, 0.4) is 0 Å². The SMILES string of the molecule is CCNC(=O)N1CCN(Cc2ccc(-c3cc4nccc(Oc5ccc(NC(=O)NC6CC6)cc5F)c4s3)nc2)C[C@@H]1C. The normalized spacial score (nSPS) is 17.1. The Hall–Kier alpha value is -4.29. The molecule has 12 heteroatoms. The van der Waals surface area contributed by atoms with E-state index in [1.807, 2.05) is 30.2 Å². The van der Waals surface area contributed by atoms with Gasteiger partial charge in [-0.05, 0) is 56.5 Å². The summed E-state index contributed by atoms with van der Waals surface area (Å²) in [5.74, 6) is -0.0349. The van der Waals surface area contributed by atoms with E-state index < -0.39 is 5.82 Å². The maximum atomic E-state index is 14.9. The second-order valence-corrected chi connectivity index (χ2v) is 12.0. The van der Waals surface area contributed by atoms with E-state index in [2.05, 4.69) is 38.8 Å². The van der Waals surface area contributed by atoms with Crippen molar-refractivity contribution in [3.63, 3.8) is 0 Å². The molecule has 1 saturated heterocycles. The molecule has 0 spiro atoms. The van der Waals surface area contributed by atoms with Gasteiger partial charge in [-0.25, -0.2) is 14.0 Å². The molecule has 0 unspecified atom stereocenters. The average molecular weight is 604 g/mol. The van der Waals surface area contributed by atoms with Gasteiger partial charge in [0.05, 0.1) is 20.8 Å². The molecule has 4 aromatic rings. The largest absolute Gasteiger partial charge is 0.453 e. The van der Waals surface area contributed by atoms with E-state index in [-0.39, 0.29) is 29.9 Å². The van der Waals surface area contributed by atoms with Crippen LogP contribution in [0.25, 0.3) is 20.8 Å². The van der Waals surface area contributed by atoms with E-state index in [9.17, 15) is 14.0 Å². The number of hydrogen-bond donors (Lipinski definition) is 3. The van der Waals surface area contributed by atoms with Gasteiger partial charge in [-0.2, -0.15) is 0 Å². The number of piperazine rings is 1. The van der Waals surface area contributed by atoms with Crippen molar-refractivity contribution in [2.45, 2.75) is 45.3 Å². The van der Waals surface area contributed by atoms with Gasteiger partial charge in [-0.3, -0.25) is 14.9 Å². The van der Waals surface area contributed by atoms with Gasteiger partial charge in [0.25, 0.3) is 0 Å². The van der Waals surface area contributed by atoms with Crippen molar-refractivity contribution in [2.75, 3.05) is 31.5 Å². The third-order valence-corrected chi connectivity index (χ3v) is 8.64. The molecule has 0 bridgehead atoms. The van der Waals surface area contributed by atoms with Gasteiger partial charge in [0, 0.05) is 75.0 Å². The molecule has 4 amide bonds. The predicted octanol–water partition coefficient (Wildman–Crippen LogP) is 5.81. The number of ether oxygens (including phenoxy) is 1. The molecule has 1 aliphatic heterocycles. The Bertz CT molecular complexity index is 1630. The van der Waals surface area contributed by atoms with Gasteiger partial charge in [0.2, 0.25) is 0 Å². The van der Waals surface area contributed by atoms with Crippen LogP contribution in [-0.2, 0) is 6.54 Å². The number of hydrogen-bond acceptors (Lipinski definition) is 7. The summed E-state index contributed by atoms with van der Waals surface area (Å²) in [5, 5.41) is 8.36. The fraction of sp³-hybridized carbons (Fsp3) is 0.355. The number of nitrogens with one attached hydrogen (secondary N) is 3. The number of anilines is 1. The van der Waals surface area contributed by atoms with Crippen molar-refractivity contribution in [1.29, 1.82) is 0 Å². The Morgan fingerprint density at radius 2 is 1.95 bits per heavy atom. The second kappa shape index (κ2) is 12.5. The van der Waals surface area contributed by atoms with Crippen molar-refractivity contribution in [3.05, 3.63) is 66.2 Å². The first-order valence-corrected chi connectivity index (χ1v) is 15.3. The fourth-order valence-electron chi connectivity index (χ4n) is 5.13. The number of aromatic nitrogens is 2. The molecule has 3 aromatic heterocycles. The van der Waals surface area contributed by atoms with E-state index in [0.717, 1.165) is 58.8 Å². The highest BCUT2D eigenvalue weighted by atomic mass is 32.1. The topological polar surface area (TPSA) is 112 Å². The van der Waals surface area contributed by atoms with Gasteiger partial charge in [-0.1, -0.05) is 6.07 Å². The summed E-state index contributed by atoms with van der Waals surface area (Å²) in [7, 11) is 0. The number of urea groups is 2. The van der Waals surface area contributed by atoms with Crippen LogP contribution in [0, 0.1) is 5.82 Å². The Balaban J connectivity index is 1.11. The van der Waals surface area contributed by atoms with Crippen LogP contribution in [0.1, 0.15) is 32.3 Å². The lowest BCUT2D eigenvalue weighted by molar-refractivity contribution is 0.0977. The number of carbonyl (C=O) groups is 2. The quantitative estimate of drug-likeness (QED) is 0.234. The van der Waals surface area contributed by atoms with Crippen molar-refractivity contribution in [3.8, 4) is 22.1 Å². The van der Waals surface area contributed by atoms with Gasteiger partial charge in [-0.15, -0.1) is 11.3 Å². The summed E-state index contributed by atoms with van der Waals surface area (Å²) >= 11 is 1.48. The predicted molar refractivity (Wildman–Crippen MR) is 165 cm³/mol. The Kier molecular flexibility index (Phi) is 8.39. The number of nitrogens with zero attached hydrogens (tertiary/aromatic N) is 4. The first kappa shape index (κ1) is 28.8. The number of pyridine rings is 2. The zero-order chi connectivity index (χ0) is 29.9. The highest BCUT2D eigenvalue weighted by molar-refractivity contribution is 7.22. The first-order chi connectivity index (χ1) is 20.9. The summed E-state index contributed by atoms with van der Waals surface area (Å²) in [6.45, 7) is 7.70. The van der Waals surface area contributed by atoms with E-state index in [1.165, 1.54) is 23.5 Å². The molecule has 3 N–H and O–H groups in total. The number of fused-ring (bicyclic) bond motifs is 1. The van der Waals surface area contributed by atoms with Crippen molar-refractivity contribution < 1.29 is 18.7 Å². The van der Waals surface area contributed by atoms with Crippen LogP contribution in [0.2, 0.25) is 0 Å². The molecule has 0 radical (unpaired) electrons. The molecular weight excluding hydrogens is 569 g/mol. The van der Waals surface area contributed by atoms with Crippen LogP contribution in [0.15, 0.2) is 54.9 Å². The number of carbonyl (C=O) groups excluding carboxylic acids is 2.